The topological polar surface area (TPSA) is 21.3 Å². The summed E-state index contributed by atoms with van der Waals surface area (Å²) in [6.45, 7) is 2.07. The van der Waals surface area contributed by atoms with Crippen molar-refractivity contribution in [2.45, 2.75) is 6.92 Å². The van der Waals surface area contributed by atoms with Crippen molar-refractivity contribution in [3.63, 3.8) is 0 Å². The molecule has 0 aromatic heterocycles. The van der Waals surface area contributed by atoms with Gasteiger partial charge >= 0.3 is 0 Å². The lowest BCUT2D eigenvalue weighted by atomic mass is 10.1. The molecule has 2 aromatic rings. The zero-order valence-corrected chi connectivity index (χ0v) is 10.1. The summed E-state index contributed by atoms with van der Waals surface area (Å²) in [5.41, 5.74) is 2.26. The van der Waals surface area contributed by atoms with E-state index in [-0.39, 0.29) is 0 Å². The summed E-state index contributed by atoms with van der Waals surface area (Å²) >= 11 is 0. The summed E-state index contributed by atoms with van der Waals surface area (Å²) in [7, 11) is 1.67. The number of anilines is 1. The van der Waals surface area contributed by atoms with E-state index in [0.29, 0.717) is 0 Å². The van der Waals surface area contributed by atoms with Gasteiger partial charge in [-0.05, 0) is 36.8 Å². The molecule has 2 rings (SSSR count). The first-order chi connectivity index (χ1) is 8.29. The molecule has 2 heteroatoms. The molecule has 0 unspecified atom stereocenters. The van der Waals surface area contributed by atoms with E-state index in [4.69, 9.17) is 4.74 Å². The third-order valence-electron chi connectivity index (χ3n) is 2.63. The van der Waals surface area contributed by atoms with E-state index in [1.165, 1.54) is 5.56 Å². The summed E-state index contributed by atoms with van der Waals surface area (Å²) in [4.78, 5) is 0. The van der Waals surface area contributed by atoms with Crippen molar-refractivity contribution in [2.24, 2.45) is 0 Å². The number of hydrogen-bond donors (Lipinski definition) is 1. The molecular formula is C15H16NO. The van der Waals surface area contributed by atoms with Crippen LogP contribution in [0.1, 0.15) is 12.5 Å². The van der Waals surface area contributed by atoms with Gasteiger partial charge in [0.15, 0.2) is 0 Å². The smallest absolute Gasteiger partial charge is 0.119 e. The van der Waals surface area contributed by atoms with Crippen molar-refractivity contribution in [3.8, 4) is 5.75 Å². The molecule has 2 aromatic carbocycles. The molecule has 0 amide bonds. The fourth-order valence-electron chi connectivity index (χ4n) is 1.65. The van der Waals surface area contributed by atoms with E-state index < -0.39 is 0 Å². The number of methoxy groups -OCH3 is 1. The predicted octanol–water partition coefficient (Wildman–Crippen LogP) is 3.71. The zero-order valence-electron chi connectivity index (χ0n) is 10.1. The second-order valence-corrected chi connectivity index (χ2v) is 3.84. The molecule has 0 spiro atoms. The second kappa shape index (κ2) is 5.39. The van der Waals surface area contributed by atoms with E-state index in [9.17, 15) is 0 Å². The SMILES string of the molecule is COc1ccc(N[C](C)c2ccccc2)cc1. The fourth-order valence-corrected chi connectivity index (χ4v) is 1.65. The standard InChI is InChI=1S/C15H16NO/c1-12(13-6-4-3-5-7-13)16-14-8-10-15(17-2)11-9-14/h3-11,16H,1-2H3. The lowest BCUT2D eigenvalue weighted by Crippen LogP contribution is -2.07. The Labute approximate surface area is 102 Å². The minimum Gasteiger partial charge on any atom is -0.497 e. The van der Waals surface area contributed by atoms with Crippen LogP contribution in [0, 0.1) is 6.04 Å². The van der Waals surface area contributed by atoms with Crippen molar-refractivity contribution in [3.05, 3.63) is 66.2 Å². The van der Waals surface area contributed by atoms with Crippen LogP contribution in [0.15, 0.2) is 54.6 Å². The lowest BCUT2D eigenvalue weighted by molar-refractivity contribution is 0.415. The van der Waals surface area contributed by atoms with Crippen molar-refractivity contribution < 1.29 is 4.74 Å². The van der Waals surface area contributed by atoms with Crippen LogP contribution in [-0.2, 0) is 0 Å². The third-order valence-corrected chi connectivity index (χ3v) is 2.63. The monoisotopic (exact) mass is 226 g/mol. The van der Waals surface area contributed by atoms with Crippen LogP contribution in [-0.4, -0.2) is 7.11 Å². The molecule has 0 aliphatic heterocycles. The summed E-state index contributed by atoms with van der Waals surface area (Å²) in [6.07, 6.45) is 0. The van der Waals surface area contributed by atoms with Gasteiger partial charge in [-0.25, -0.2) is 0 Å². The Morgan fingerprint density at radius 1 is 0.941 bits per heavy atom. The maximum absolute atomic E-state index is 5.12. The number of rotatable bonds is 4. The Hall–Kier alpha value is -1.96. The van der Waals surface area contributed by atoms with Gasteiger partial charge in [0.05, 0.1) is 13.2 Å². The van der Waals surface area contributed by atoms with E-state index in [2.05, 4.69) is 24.4 Å². The largest absolute Gasteiger partial charge is 0.497 e. The summed E-state index contributed by atoms with van der Waals surface area (Å²) < 4.78 is 5.12. The first-order valence-electron chi connectivity index (χ1n) is 5.59. The van der Waals surface area contributed by atoms with Crippen molar-refractivity contribution in [1.82, 2.24) is 0 Å². The first-order valence-corrected chi connectivity index (χ1v) is 5.59. The predicted molar refractivity (Wildman–Crippen MR) is 71.1 cm³/mol. The molecule has 0 saturated heterocycles. The van der Waals surface area contributed by atoms with Crippen LogP contribution in [0.3, 0.4) is 0 Å². The van der Waals surface area contributed by atoms with Crippen LogP contribution < -0.4 is 10.1 Å². The second-order valence-electron chi connectivity index (χ2n) is 3.84. The van der Waals surface area contributed by atoms with Crippen molar-refractivity contribution >= 4 is 5.69 Å². The van der Waals surface area contributed by atoms with Gasteiger partial charge in [-0.2, -0.15) is 0 Å². The molecule has 87 valence electrons. The number of benzene rings is 2. The summed E-state index contributed by atoms with van der Waals surface area (Å²) in [5.74, 6) is 0.868. The Morgan fingerprint density at radius 2 is 1.59 bits per heavy atom. The highest BCUT2D eigenvalue weighted by Crippen LogP contribution is 2.20. The van der Waals surface area contributed by atoms with Gasteiger partial charge in [0.25, 0.3) is 0 Å². The summed E-state index contributed by atoms with van der Waals surface area (Å²) in [6, 6.07) is 19.3. The maximum atomic E-state index is 5.12. The van der Waals surface area contributed by atoms with E-state index >= 15 is 0 Å². The molecule has 0 fully saturated rings. The molecule has 17 heavy (non-hydrogen) atoms. The molecular weight excluding hydrogens is 210 g/mol. The van der Waals surface area contributed by atoms with Crippen molar-refractivity contribution in [2.75, 3.05) is 12.4 Å². The molecule has 2 nitrogen and oxygen atoms in total. The van der Waals surface area contributed by atoms with Crippen LogP contribution in [0.2, 0.25) is 0 Å². The van der Waals surface area contributed by atoms with E-state index in [1.54, 1.807) is 7.11 Å². The highest BCUT2D eigenvalue weighted by molar-refractivity contribution is 5.52. The summed E-state index contributed by atoms with van der Waals surface area (Å²) in [5, 5.41) is 3.37. The molecule has 0 saturated carbocycles. The minimum absolute atomic E-state index is 0.868. The molecule has 1 radical (unpaired) electrons. The highest BCUT2D eigenvalue weighted by atomic mass is 16.5. The zero-order chi connectivity index (χ0) is 12.1. The molecule has 0 atom stereocenters. The van der Waals surface area contributed by atoms with Gasteiger partial charge < -0.3 is 10.1 Å². The molecule has 1 N–H and O–H groups in total. The highest BCUT2D eigenvalue weighted by Gasteiger charge is 2.05. The minimum atomic E-state index is 0.868. The number of nitrogens with one attached hydrogen (secondary N) is 1. The van der Waals surface area contributed by atoms with Crippen molar-refractivity contribution in [1.29, 1.82) is 0 Å². The van der Waals surface area contributed by atoms with Crippen LogP contribution in [0.4, 0.5) is 5.69 Å². The molecule has 0 heterocycles. The Kier molecular flexibility index (Phi) is 3.66. The maximum Gasteiger partial charge on any atom is 0.119 e. The van der Waals surface area contributed by atoms with E-state index in [1.807, 2.05) is 42.5 Å². The number of hydrogen-bond acceptors (Lipinski definition) is 2. The van der Waals surface area contributed by atoms with E-state index in [0.717, 1.165) is 17.5 Å². The van der Waals surface area contributed by atoms with Gasteiger partial charge in [0.2, 0.25) is 0 Å². The van der Waals surface area contributed by atoms with Crippen LogP contribution in [0.5, 0.6) is 5.75 Å². The Bertz CT molecular complexity index is 450. The van der Waals surface area contributed by atoms with Gasteiger partial charge in [-0.1, -0.05) is 30.3 Å². The van der Waals surface area contributed by atoms with Gasteiger partial charge in [0.1, 0.15) is 5.75 Å². The van der Waals surface area contributed by atoms with Gasteiger partial charge in [-0.3, -0.25) is 0 Å². The Morgan fingerprint density at radius 3 is 2.18 bits per heavy atom. The lowest BCUT2D eigenvalue weighted by Gasteiger charge is -2.14. The first kappa shape index (κ1) is 11.5. The quantitative estimate of drug-likeness (QED) is 0.858. The number of ether oxygens (including phenoxy) is 1. The average molecular weight is 226 g/mol. The van der Waals surface area contributed by atoms with Gasteiger partial charge in [-0.15, -0.1) is 0 Å². The molecule has 0 bridgehead atoms. The van der Waals surface area contributed by atoms with Crippen LogP contribution >= 0.6 is 0 Å². The normalized spacial score (nSPS) is 10.3. The van der Waals surface area contributed by atoms with Gasteiger partial charge in [0, 0.05) is 5.69 Å². The molecule has 0 aliphatic rings. The molecule has 0 aliphatic carbocycles. The Balaban J connectivity index is 2.05. The average Bonchev–Trinajstić information content (AvgIpc) is 2.40. The fraction of sp³-hybridized carbons (Fsp3) is 0.133. The third kappa shape index (κ3) is 3.00. The van der Waals surface area contributed by atoms with Crippen LogP contribution in [0.25, 0.3) is 0 Å².